The molecule has 1 saturated heterocycles. The summed E-state index contributed by atoms with van der Waals surface area (Å²) in [6, 6.07) is 14.4. The van der Waals surface area contributed by atoms with Crippen LogP contribution in [-0.2, 0) is 26.0 Å². The van der Waals surface area contributed by atoms with E-state index in [2.05, 4.69) is 29.1 Å². The van der Waals surface area contributed by atoms with Crippen LogP contribution in [0.3, 0.4) is 0 Å². The monoisotopic (exact) mass is 484 g/mol. The molecule has 1 fully saturated rings. The zero-order valence-corrected chi connectivity index (χ0v) is 20.5. The molecule has 4 rings (SSSR count). The van der Waals surface area contributed by atoms with Gasteiger partial charge in [-0.3, -0.25) is 4.79 Å². The van der Waals surface area contributed by atoms with Crippen molar-refractivity contribution in [1.82, 2.24) is 19.6 Å². The molecule has 2 N–H and O–H groups in total. The third-order valence-electron chi connectivity index (χ3n) is 6.40. The number of ether oxygens (including phenoxy) is 1. The zero-order chi connectivity index (χ0) is 24.1. The number of para-hydroxylation sites is 2. The fourth-order valence-corrected chi connectivity index (χ4v) is 5.51. The van der Waals surface area contributed by atoms with E-state index >= 15 is 0 Å². The number of aromatic amines is 1. The van der Waals surface area contributed by atoms with Gasteiger partial charge in [0.25, 0.3) is 0 Å². The molecule has 2 atom stereocenters. The molecule has 0 aliphatic carbocycles. The lowest BCUT2D eigenvalue weighted by molar-refractivity contribution is -0.122. The molecule has 3 aromatic rings. The van der Waals surface area contributed by atoms with Crippen LogP contribution in [0.2, 0.25) is 0 Å². The van der Waals surface area contributed by atoms with Gasteiger partial charge in [-0.2, -0.15) is 4.31 Å². The number of nitrogens with one attached hydrogen (secondary N) is 2. The molecule has 182 valence electrons. The lowest BCUT2D eigenvalue weighted by atomic mass is 9.98. The summed E-state index contributed by atoms with van der Waals surface area (Å²) in [5.74, 6) is 0.923. The number of fused-ring (bicyclic) bond motifs is 1. The number of benzene rings is 2. The Labute approximate surface area is 200 Å². The van der Waals surface area contributed by atoms with E-state index in [0.717, 1.165) is 28.8 Å². The molecule has 2 heterocycles. The normalized spacial score (nSPS) is 16.9. The van der Waals surface area contributed by atoms with E-state index in [9.17, 15) is 13.2 Å². The van der Waals surface area contributed by atoms with Crippen molar-refractivity contribution in [2.45, 2.75) is 44.0 Å². The largest absolute Gasteiger partial charge is 0.379 e. The number of morpholine rings is 1. The second kappa shape index (κ2) is 10.7. The first-order valence-corrected chi connectivity index (χ1v) is 13.2. The molecule has 2 aromatic carbocycles. The maximum atomic E-state index is 12.8. The number of amides is 1. The number of aryl methyl sites for hydroxylation is 1. The SMILES string of the molecule is CCC(C)C(NC(=O)CCc1ccc(S(=O)(=O)N2CCOCC2)cc1)c1nc2ccccc2[nH]1. The molecule has 0 radical (unpaired) electrons. The summed E-state index contributed by atoms with van der Waals surface area (Å²) in [6.07, 6.45) is 1.74. The molecule has 0 bridgehead atoms. The van der Waals surface area contributed by atoms with Gasteiger partial charge in [-0.05, 0) is 42.2 Å². The Morgan fingerprint density at radius 3 is 2.53 bits per heavy atom. The van der Waals surface area contributed by atoms with Crippen LogP contribution in [0.4, 0.5) is 0 Å². The quantitative estimate of drug-likeness (QED) is 0.484. The van der Waals surface area contributed by atoms with Gasteiger partial charge in [-0.15, -0.1) is 0 Å². The van der Waals surface area contributed by atoms with E-state index < -0.39 is 10.0 Å². The number of aromatic nitrogens is 2. The molecule has 9 heteroatoms. The number of H-pyrrole nitrogens is 1. The van der Waals surface area contributed by atoms with Crippen LogP contribution in [0, 0.1) is 5.92 Å². The summed E-state index contributed by atoms with van der Waals surface area (Å²) in [5.41, 5.74) is 2.75. The first-order valence-electron chi connectivity index (χ1n) is 11.8. The van der Waals surface area contributed by atoms with E-state index in [0.29, 0.717) is 39.1 Å². The van der Waals surface area contributed by atoms with Crippen molar-refractivity contribution in [1.29, 1.82) is 0 Å². The third-order valence-corrected chi connectivity index (χ3v) is 8.32. The molecular formula is C25H32N4O4S. The van der Waals surface area contributed by atoms with Crippen molar-refractivity contribution in [2.24, 2.45) is 5.92 Å². The summed E-state index contributed by atoms with van der Waals surface area (Å²) < 4.78 is 32.2. The van der Waals surface area contributed by atoms with Gasteiger partial charge in [0.15, 0.2) is 0 Å². The number of carbonyl (C=O) groups is 1. The van der Waals surface area contributed by atoms with Crippen molar-refractivity contribution in [3.63, 3.8) is 0 Å². The van der Waals surface area contributed by atoms with Gasteiger partial charge in [-0.25, -0.2) is 13.4 Å². The summed E-state index contributed by atoms with van der Waals surface area (Å²) in [5, 5.41) is 3.15. The maximum absolute atomic E-state index is 12.8. The predicted octanol–water partition coefficient (Wildman–Crippen LogP) is 3.42. The van der Waals surface area contributed by atoms with Gasteiger partial charge < -0.3 is 15.0 Å². The minimum atomic E-state index is -3.52. The molecular weight excluding hydrogens is 452 g/mol. The molecule has 34 heavy (non-hydrogen) atoms. The van der Waals surface area contributed by atoms with Gasteiger partial charge in [-0.1, -0.05) is 44.5 Å². The Balaban J connectivity index is 1.38. The predicted molar refractivity (Wildman–Crippen MR) is 131 cm³/mol. The Kier molecular flexibility index (Phi) is 7.65. The van der Waals surface area contributed by atoms with Gasteiger partial charge >= 0.3 is 0 Å². The van der Waals surface area contributed by atoms with Crippen LogP contribution in [0.25, 0.3) is 11.0 Å². The zero-order valence-electron chi connectivity index (χ0n) is 19.7. The van der Waals surface area contributed by atoms with Crippen LogP contribution in [0.15, 0.2) is 53.4 Å². The molecule has 0 saturated carbocycles. The summed E-state index contributed by atoms with van der Waals surface area (Å²) >= 11 is 0. The molecule has 1 aliphatic heterocycles. The number of imidazole rings is 1. The van der Waals surface area contributed by atoms with Crippen molar-refractivity contribution in [3.05, 3.63) is 59.9 Å². The Hall–Kier alpha value is -2.75. The smallest absolute Gasteiger partial charge is 0.243 e. The Morgan fingerprint density at radius 2 is 1.85 bits per heavy atom. The summed E-state index contributed by atoms with van der Waals surface area (Å²) in [7, 11) is -3.52. The number of nitrogens with zero attached hydrogens (tertiary/aromatic N) is 2. The fraction of sp³-hybridized carbons (Fsp3) is 0.440. The van der Waals surface area contributed by atoms with Crippen LogP contribution in [-0.4, -0.2) is 54.9 Å². The van der Waals surface area contributed by atoms with Crippen molar-refractivity contribution in [2.75, 3.05) is 26.3 Å². The number of rotatable bonds is 9. The van der Waals surface area contributed by atoms with Crippen molar-refractivity contribution < 1.29 is 17.9 Å². The van der Waals surface area contributed by atoms with E-state index in [-0.39, 0.29) is 22.8 Å². The number of sulfonamides is 1. The highest BCUT2D eigenvalue weighted by atomic mass is 32.2. The first kappa shape index (κ1) is 24.4. The number of hydrogen-bond donors (Lipinski definition) is 2. The topological polar surface area (TPSA) is 104 Å². The number of carbonyl (C=O) groups excluding carboxylic acids is 1. The fourth-order valence-electron chi connectivity index (χ4n) is 4.10. The van der Waals surface area contributed by atoms with Crippen LogP contribution in [0.5, 0.6) is 0 Å². The standard InChI is InChI=1S/C25H32N4O4S/c1-3-18(2)24(25-26-21-6-4-5-7-22(21)27-25)28-23(30)13-10-19-8-11-20(12-9-19)34(31,32)29-14-16-33-17-15-29/h4-9,11-12,18,24H,3,10,13-17H2,1-2H3,(H,26,27)(H,28,30). The molecule has 1 aromatic heterocycles. The van der Waals surface area contributed by atoms with Crippen molar-refractivity contribution in [3.8, 4) is 0 Å². The lowest BCUT2D eigenvalue weighted by Crippen LogP contribution is -2.40. The van der Waals surface area contributed by atoms with Gasteiger partial charge in [0.2, 0.25) is 15.9 Å². The minimum absolute atomic E-state index is 0.0595. The lowest BCUT2D eigenvalue weighted by Gasteiger charge is -2.26. The van der Waals surface area contributed by atoms with E-state index in [1.54, 1.807) is 24.3 Å². The highest BCUT2D eigenvalue weighted by Gasteiger charge is 2.26. The van der Waals surface area contributed by atoms with E-state index in [1.165, 1.54) is 4.31 Å². The molecule has 0 spiro atoms. The van der Waals surface area contributed by atoms with Crippen LogP contribution < -0.4 is 5.32 Å². The maximum Gasteiger partial charge on any atom is 0.243 e. The van der Waals surface area contributed by atoms with Gasteiger partial charge in [0.05, 0.1) is 35.2 Å². The first-order chi connectivity index (χ1) is 16.4. The van der Waals surface area contributed by atoms with Crippen molar-refractivity contribution >= 4 is 27.0 Å². The minimum Gasteiger partial charge on any atom is -0.379 e. The highest BCUT2D eigenvalue weighted by molar-refractivity contribution is 7.89. The average molecular weight is 485 g/mol. The molecule has 1 aliphatic rings. The second-order valence-electron chi connectivity index (χ2n) is 8.73. The Morgan fingerprint density at radius 1 is 1.15 bits per heavy atom. The third kappa shape index (κ3) is 5.48. The average Bonchev–Trinajstić information content (AvgIpc) is 3.30. The number of hydrogen-bond acceptors (Lipinski definition) is 5. The summed E-state index contributed by atoms with van der Waals surface area (Å²) in [4.78, 5) is 21.1. The molecule has 1 amide bonds. The van der Waals surface area contributed by atoms with E-state index in [4.69, 9.17) is 4.74 Å². The molecule has 8 nitrogen and oxygen atoms in total. The van der Waals surface area contributed by atoms with Crippen LogP contribution >= 0.6 is 0 Å². The Bertz CT molecular complexity index is 1180. The second-order valence-corrected chi connectivity index (χ2v) is 10.7. The highest BCUT2D eigenvalue weighted by Crippen LogP contribution is 2.25. The van der Waals surface area contributed by atoms with Crippen LogP contribution in [0.1, 0.15) is 44.1 Å². The van der Waals surface area contributed by atoms with Gasteiger partial charge in [0.1, 0.15) is 5.82 Å². The summed E-state index contributed by atoms with van der Waals surface area (Å²) in [6.45, 7) is 5.76. The molecule has 2 unspecified atom stereocenters. The van der Waals surface area contributed by atoms with E-state index in [1.807, 2.05) is 24.3 Å². The van der Waals surface area contributed by atoms with Gasteiger partial charge in [0, 0.05) is 19.5 Å².